The number of anilines is 1. The van der Waals surface area contributed by atoms with Gasteiger partial charge in [-0.25, -0.2) is 9.97 Å². The lowest BCUT2D eigenvalue weighted by Gasteiger charge is -2.12. The van der Waals surface area contributed by atoms with E-state index in [1.807, 2.05) is 24.3 Å². The highest BCUT2D eigenvalue weighted by molar-refractivity contribution is 6.30. The van der Waals surface area contributed by atoms with Crippen LogP contribution < -0.4 is 10.1 Å². The van der Waals surface area contributed by atoms with Crippen LogP contribution in [0.5, 0.6) is 5.75 Å². The maximum Gasteiger partial charge on any atom is 0.134 e. The standard InChI is InChI=1S/C16H18ClN3O/c1-3-18-15-9-13(19-16(20-15)10-4-5-10)12-8-11(17)6-7-14(12)21-2/h6-10H,3-5H2,1-2H3,(H,18,19,20). The molecule has 110 valence electrons. The van der Waals surface area contributed by atoms with E-state index < -0.39 is 0 Å². The first-order valence-electron chi connectivity index (χ1n) is 7.18. The quantitative estimate of drug-likeness (QED) is 0.903. The van der Waals surface area contributed by atoms with Gasteiger partial charge in [0.25, 0.3) is 0 Å². The maximum absolute atomic E-state index is 6.12. The molecule has 1 aromatic heterocycles. The summed E-state index contributed by atoms with van der Waals surface area (Å²) in [6.07, 6.45) is 2.34. The zero-order valence-corrected chi connectivity index (χ0v) is 12.9. The van der Waals surface area contributed by atoms with E-state index >= 15 is 0 Å². The lowest BCUT2D eigenvalue weighted by atomic mass is 10.1. The van der Waals surface area contributed by atoms with Crippen LogP contribution in [0, 0.1) is 0 Å². The van der Waals surface area contributed by atoms with Crippen molar-refractivity contribution in [1.29, 1.82) is 0 Å². The van der Waals surface area contributed by atoms with Crippen LogP contribution in [-0.2, 0) is 0 Å². The fourth-order valence-corrected chi connectivity index (χ4v) is 2.45. The van der Waals surface area contributed by atoms with Gasteiger partial charge in [0.1, 0.15) is 17.4 Å². The highest BCUT2D eigenvalue weighted by Crippen LogP contribution is 2.40. The van der Waals surface area contributed by atoms with Crippen molar-refractivity contribution in [3.8, 4) is 17.0 Å². The van der Waals surface area contributed by atoms with Crippen LogP contribution in [0.4, 0.5) is 5.82 Å². The van der Waals surface area contributed by atoms with E-state index in [0.717, 1.165) is 35.2 Å². The molecule has 1 aliphatic rings. The Hall–Kier alpha value is -1.81. The summed E-state index contributed by atoms with van der Waals surface area (Å²) in [5.74, 6) is 3.02. The normalized spacial score (nSPS) is 14.0. The predicted octanol–water partition coefficient (Wildman–Crippen LogP) is 4.11. The number of nitrogens with one attached hydrogen (secondary N) is 1. The Morgan fingerprint density at radius 2 is 2.10 bits per heavy atom. The van der Waals surface area contributed by atoms with Crippen molar-refractivity contribution in [3.05, 3.63) is 35.1 Å². The lowest BCUT2D eigenvalue weighted by molar-refractivity contribution is 0.416. The molecule has 0 spiro atoms. The number of methoxy groups -OCH3 is 1. The average Bonchev–Trinajstić information content (AvgIpc) is 3.32. The van der Waals surface area contributed by atoms with Crippen molar-refractivity contribution in [1.82, 2.24) is 9.97 Å². The summed E-state index contributed by atoms with van der Waals surface area (Å²) in [6, 6.07) is 7.51. The minimum atomic E-state index is 0.493. The molecule has 0 saturated heterocycles. The summed E-state index contributed by atoms with van der Waals surface area (Å²) in [5.41, 5.74) is 1.75. The van der Waals surface area contributed by atoms with Crippen molar-refractivity contribution in [2.45, 2.75) is 25.7 Å². The minimum absolute atomic E-state index is 0.493. The molecule has 1 saturated carbocycles. The molecule has 2 aromatic rings. The largest absolute Gasteiger partial charge is 0.496 e. The van der Waals surface area contributed by atoms with Crippen LogP contribution in [-0.4, -0.2) is 23.6 Å². The number of rotatable bonds is 5. The van der Waals surface area contributed by atoms with Gasteiger partial charge in [-0.05, 0) is 38.0 Å². The second-order valence-electron chi connectivity index (χ2n) is 5.15. The molecule has 1 fully saturated rings. The molecule has 4 nitrogen and oxygen atoms in total. The number of halogens is 1. The molecule has 0 unspecified atom stereocenters. The SMILES string of the molecule is CCNc1cc(-c2cc(Cl)ccc2OC)nc(C2CC2)n1. The molecule has 0 amide bonds. The second kappa shape index (κ2) is 5.90. The number of aromatic nitrogens is 2. The molecule has 1 aromatic carbocycles. The van der Waals surface area contributed by atoms with Gasteiger partial charge in [-0.15, -0.1) is 0 Å². The van der Waals surface area contributed by atoms with E-state index in [2.05, 4.69) is 17.2 Å². The topological polar surface area (TPSA) is 47.0 Å². The number of hydrogen-bond acceptors (Lipinski definition) is 4. The summed E-state index contributed by atoms with van der Waals surface area (Å²) in [7, 11) is 1.65. The van der Waals surface area contributed by atoms with Gasteiger partial charge < -0.3 is 10.1 Å². The summed E-state index contributed by atoms with van der Waals surface area (Å²) >= 11 is 6.12. The van der Waals surface area contributed by atoms with Crippen molar-refractivity contribution >= 4 is 17.4 Å². The van der Waals surface area contributed by atoms with Gasteiger partial charge in [0, 0.05) is 29.1 Å². The third-order valence-corrected chi connectivity index (χ3v) is 3.72. The first-order valence-corrected chi connectivity index (χ1v) is 7.55. The smallest absolute Gasteiger partial charge is 0.134 e. The number of benzene rings is 1. The van der Waals surface area contributed by atoms with E-state index in [-0.39, 0.29) is 0 Å². The Morgan fingerprint density at radius 3 is 2.76 bits per heavy atom. The fraction of sp³-hybridized carbons (Fsp3) is 0.375. The molecular formula is C16H18ClN3O. The predicted molar refractivity (Wildman–Crippen MR) is 85.2 cm³/mol. The average molecular weight is 304 g/mol. The molecule has 0 atom stereocenters. The molecule has 0 aliphatic heterocycles. The highest BCUT2D eigenvalue weighted by Gasteiger charge is 2.27. The van der Waals surface area contributed by atoms with Crippen LogP contribution in [0.15, 0.2) is 24.3 Å². The van der Waals surface area contributed by atoms with E-state index in [1.54, 1.807) is 7.11 Å². The third kappa shape index (κ3) is 3.10. The van der Waals surface area contributed by atoms with Gasteiger partial charge in [-0.3, -0.25) is 0 Å². The van der Waals surface area contributed by atoms with E-state index in [4.69, 9.17) is 21.3 Å². The van der Waals surface area contributed by atoms with Crippen molar-refractivity contribution in [2.24, 2.45) is 0 Å². The molecule has 1 heterocycles. The number of ether oxygens (including phenoxy) is 1. The monoisotopic (exact) mass is 303 g/mol. The summed E-state index contributed by atoms with van der Waals surface area (Å²) in [5, 5.41) is 3.94. The summed E-state index contributed by atoms with van der Waals surface area (Å²) in [4.78, 5) is 9.30. The van der Waals surface area contributed by atoms with Gasteiger partial charge in [0.15, 0.2) is 0 Å². The van der Waals surface area contributed by atoms with E-state index in [9.17, 15) is 0 Å². The van der Waals surface area contributed by atoms with E-state index in [0.29, 0.717) is 10.9 Å². The highest BCUT2D eigenvalue weighted by atomic mass is 35.5. The van der Waals surface area contributed by atoms with Crippen LogP contribution in [0.3, 0.4) is 0 Å². The number of hydrogen-bond donors (Lipinski definition) is 1. The maximum atomic E-state index is 6.12. The van der Waals surface area contributed by atoms with Crippen LogP contribution >= 0.6 is 11.6 Å². The Kier molecular flexibility index (Phi) is 3.97. The fourth-order valence-electron chi connectivity index (χ4n) is 2.28. The second-order valence-corrected chi connectivity index (χ2v) is 5.58. The zero-order chi connectivity index (χ0) is 14.8. The zero-order valence-electron chi connectivity index (χ0n) is 12.2. The van der Waals surface area contributed by atoms with Crippen LogP contribution in [0.25, 0.3) is 11.3 Å². The van der Waals surface area contributed by atoms with Crippen LogP contribution in [0.1, 0.15) is 31.5 Å². The van der Waals surface area contributed by atoms with Crippen molar-refractivity contribution in [2.75, 3.05) is 19.0 Å². The molecule has 5 heteroatoms. The van der Waals surface area contributed by atoms with E-state index in [1.165, 1.54) is 12.8 Å². The molecule has 21 heavy (non-hydrogen) atoms. The Balaban J connectivity index is 2.10. The van der Waals surface area contributed by atoms with Gasteiger partial charge in [-0.2, -0.15) is 0 Å². The van der Waals surface area contributed by atoms with Crippen molar-refractivity contribution in [3.63, 3.8) is 0 Å². The summed E-state index contributed by atoms with van der Waals surface area (Å²) < 4.78 is 5.43. The molecular weight excluding hydrogens is 286 g/mol. The Labute approximate surface area is 129 Å². The van der Waals surface area contributed by atoms with Crippen LogP contribution in [0.2, 0.25) is 5.02 Å². The van der Waals surface area contributed by atoms with Gasteiger partial charge in [0.2, 0.25) is 0 Å². The van der Waals surface area contributed by atoms with Gasteiger partial charge in [0.05, 0.1) is 12.8 Å². The molecule has 1 aliphatic carbocycles. The van der Waals surface area contributed by atoms with Gasteiger partial charge >= 0.3 is 0 Å². The Bertz CT molecular complexity index is 656. The van der Waals surface area contributed by atoms with Gasteiger partial charge in [-0.1, -0.05) is 11.6 Å². The molecule has 1 N–H and O–H groups in total. The molecule has 0 bridgehead atoms. The first-order chi connectivity index (χ1) is 10.2. The summed E-state index contributed by atoms with van der Waals surface area (Å²) in [6.45, 7) is 2.88. The minimum Gasteiger partial charge on any atom is -0.496 e. The first kappa shape index (κ1) is 14.1. The van der Waals surface area contributed by atoms with Crippen molar-refractivity contribution < 1.29 is 4.74 Å². The molecule has 3 rings (SSSR count). The Morgan fingerprint density at radius 1 is 1.29 bits per heavy atom. The molecule has 0 radical (unpaired) electrons. The third-order valence-electron chi connectivity index (χ3n) is 3.48. The lowest BCUT2D eigenvalue weighted by Crippen LogP contribution is -2.04. The number of nitrogens with zero attached hydrogens (tertiary/aromatic N) is 2.